The van der Waals surface area contributed by atoms with E-state index >= 15 is 4.39 Å². The Bertz CT molecular complexity index is 965. The number of carbonyl (C=O) groups excluding carboxylic acids is 1. The molecule has 0 saturated heterocycles. The van der Waals surface area contributed by atoms with Crippen LogP contribution in [0.5, 0.6) is 0 Å². The first-order chi connectivity index (χ1) is 15.0. The van der Waals surface area contributed by atoms with Gasteiger partial charge in [0.05, 0.1) is 17.9 Å². The molecule has 7 heteroatoms. The number of ketones is 1. The predicted octanol–water partition coefficient (Wildman–Crippen LogP) is 3.50. The van der Waals surface area contributed by atoms with Gasteiger partial charge in [-0.05, 0) is 62.0 Å². The minimum Gasteiger partial charge on any atom is -0.390 e. The Morgan fingerprint density at radius 1 is 1.34 bits per heavy atom. The Morgan fingerprint density at radius 3 is 2.72 bits per heavy atom. The van der Waals surface area contributed by atoms with Gasteiger partial charge in [-0.2, -0.15) is 0 Å². The number of hydrogen-bond donors (Lipinski definition) is 2. The number of alkyl halides is 2. The van der Waals surface area contributed by atoms with E-state index in [1.165, 1.54) is 0 Å². The van der Waals surface area contributed by atoms with Crippen molar-refractivity contribution in [2.24, 2.45) is 39.6 Å². The molecule has 0 radical (unpaired) electrons. The third kappa shape index (κ3) is 2.44. The van der Waals surface area contributed by atoms with Crippen LogP contribution >= 0.6 is 11.6 Å². The van der Waals surface area contributed by atoms with Crippen molar-refractivity contribution in [3.63, 3.8) is 0 Å². The molecular formula is C25H35ClFN2O3+. The molecule has 2 N–H and O–H groups in total. The van der Waals surface area contributed by atoms with Gasteiger partial charge in [0.1, 0.15) is 17.0 Å². The van der Waals surface area contributed by atoms with E-state index in [1.807, 2.05) is 32.4 Å². The van der Waals surface area contributed by atoms with Crippen LogP contribution in [0, 0.1) is 34.5 Å². The van der Waals surface area contributed by atoms with E-state index < -0.39 is 39.9 Å². The molecule has 0 aromatic rings. The maximum Gasteiger partial charge on any atom is 0.182 e. The summed E-state index contributed by atoms with van der Waals surface area (Å²) in [6.07, 6.45) is 5.46. The van der Waals surface area contributed by atoms with E-state index in [0.717, 1.165) is 24.3 Å². The van der Waals surface area contributed by atoms with E-state index in [4.69, 9.17) is 11.6 Å². The summed E-state index contributed by atoms with van der Waals surface area (Å²) in [6.45, 7) is 8.54. The highest BCUT2D eigenvalue weighted by molar-refractivity contribution is 6.29. The fraction of sp³-hybridized carbons (Fsp3) is 0.800. The zero-order valence-corrected chi connectivity index (χ0v) is 20.2. The molecule has 4 aliphatic carbocycles. The zero-order chi connectivity index (χ0) is 23.3. The second-order valence-corrected chi connectivity index (χ2v) is 11.6. The van der Waals surface area contributed by atoms with Crippen molar-refractivity contribution < 1.29 is 24.1 Å². The Kier molecular flexibility index (Phi) is 4.93. The SMILES string of the molecule is CC[N+]1=CC2C[C@@]3(C)C(=CC2=N1)CC[C@H]1[C@@H]2C[C@H](C)[C@](O)(C(=O)CCl)[C@@]2(C)C[C@H](O)[C@@]13F. The summed E-state index contributed by atoms with van der Waals surface area (Å²) < 4.78 is 19.4. The number of carbonyl (C=O) groups is 1. The van der Waals surface area contributed by atoms with Crippen LogP contribution in [-0.4, -0.2) is 62.4 Å². The van der Waals surface area contributed by atoms with E-state index in [-0.39, 0.29) is 30.1 Å². The minimum atomic E-state index is -1.81. The number of halogens is 2. The number of aliphatic hydroxyl groups is 2. The Labute approximate surface area is 194 Å². The van der Waals surface area contributed by atoms with Gasteiger partial charge in [0, 0.05) is 16.7 Å². The maximum absolute atomic E-state index is 17.5. The molecule has 0 aromatic carbocycles. The molecule has 0 spiro atoms. The van der Waals surface area contributed by atoms with E-state index in [0.29, 0.717) is 19.3 Å². The Hall–Kier alpha value is -1.11. The lowest BCUT2D eigenvalue weighted by atomic mass is 9.43. The number of rotatable bonds is 3. The predicted molar refractivity (Wildman–Crippen MR) is 122 cm³/mol. The Morgan fingerprint density at radius 2 is 2.06 bits per heavy atom. The number of Topliss-reactive ketones (excluding diaryl/α,β-unsaturated/α-hetero) is 1. The van der Waals surface area contributed by atoms with Crippen molar-refractivity contribution in [1.29, 1.82) is 0 Å². The van der Waals surface area contributed by atoms with E-state index in [9.17, 15) is 15.0 Å². The summed E-state index contributed by atoms with van der Waals surface area (Å²) >= 11 is 5.90. The van der Waals surface area contributed by atoms with Crippen LogP contribution in [0.3, 0.4) is 0 Å². The molecule has 176 valence electrons. The smallest absolute Gasteiger partial charge is 0.182 e. The van der Waals surface area contributed by atoms with Crippen LogP contribution in [0.15, 0.2) is 16.8 Å². The number of nitrogens with zero attached hydrogens (tertiary/aromatic N) is 2. The lowest BCUT2D eigenvalue weighted by molar-refractivity contribution is -0.522. The van der Waals surface area contributed by atoms with Gasteiger partial charge >= 0.3 is 0 Å². The monoisotopic (exact) mass is 465 g/mol. The van der Waals surface area contributed by atoms with Gasteiger partial charge in [0.15, 0.2) is 18.5 Å². The minimum absolute atomic E-state index is 0.0489. The average molecular weight is 466 g/mol. The summed E-state index contributed by atoms with van der Waals surface area (Å²) in [5.74, 6) is -1.56. The quantitative estimate of drug-likeness (QED) is 0.495. The highest BCUT2D eigenvalue weighted by Gasteiger charge is 2.76. The van der Waals surface area contributed by atoms with Gasteiger partial charge in [-0.25, -0.2) is 4.39 Å². The van der Waals surface area contributed by atoms with Crippen molar-refractivity contribution >= 4 is 29.3 Å². The summed E-state index contributed by atoms with van der Waals surface area (Å²) in [5, 5.41) is 27.8. The largest absolute Gasteiger partial charge is 0.390 e. The van der Waals surface area contributed by atoms with Crippen LogP contribution in [0.25, 0.3) is 0 Å². The van der Waals surface area contributed by atoms with Gasteiger partial charge in [-0.15, -0.1) is 11.6 Å². The molecule has 1 unspecified atom stereocenters. The first-order valence-electron chi connectivity index (χ1n) is 12.1. The van der Waals surface area contributed by atoms with Gasteiger partial charge in [0.2, 0.25) is 0 Å². The highest BCUT2D eigenvalue weighted by Crippen LogP contribution is 2.71. The molecule has 3 fully saturated rings. The molecule has 32 heavy (non-hydrogen) atoms. The third-order valence-corrected chi connectivity index (χ3v) is 10.5. The second-order valence-electron chi connectivity index (χ2n) is 11.4. The molecule has 0 aromatic heterocycles. The van der Waals surface area contributed by atoms with Crippen LogP contribution < -0.4 is 0 Å². The van der Waals surface area contributed by atoms with Crippen LogP contribution in [0.1, 0.15) is 59.8 Å². The standard InChI is InChI=1S/C25H35ClFN2O3/c1-5-29-13-15-10-22(3)16(9-19(15)28-29)6-7-17-18-8-14(2)25(32,21(31)12-26)23(18,4)11-20(30)24(17,22)27/h9,13-15,17-18,20,30,32H,5-8,10-12H2,1-4H3/q+1/t14-,15?,17-,18-,20-,22-,23-,24-,25-/m0/s1. The van der Waals surface area contributed by atoms with Crippen LogP contribution in [-0.2, 0) is 4.79 Å². The van der Waals surface area contributed by atoms with E-state index in [1.54, 1.807) is 0 Å². The van der Waals surface area contributed by atoms with Gasteiger partial charge in [-0.3, -0.25) is 4.79 Å². The van der Waals surface area contributed by atoms with Crippen molar-refractivity contribution in [2.75, 3.05) is 12.4 Å². The molecule has 9 atom stereocenters. The molecule has 3 saturated carbocycles. The van der Waals surface area contributed by atoms with Crippen molar-refractivity contribution in [3.05, 3.63) is 11.6 Å². The fourth-order valence-electron chi connectivity index (χ4n) is 8.53. The molecule has 1 heterocycles. The van der Waals surface area contributed by atoms with Gasteiger partial charge in [0.25, 0.3) is 0 Å². The molecular weight excluding hydrogens is 431 g/mol. The second kappa shape index (κ2) is 6.96. The van der Waals surface area contributed by atoms with Gasteiger partial charge < -0.3 is 10.2 Å². The number of aliphatic hydroxyl groups excluding tert-OH is 1. The first-order valence-corrected chi connectivity index (χ1v) is 12.6. The highest BCUT2D eigenvalue weighted by atomic mass is 35.5. The lowest BCUT2D eigenvalue weighted by Gasteiger charge is -2.63. The summed E-state index contributed by atoms with van der Waals surface area (Å²) in [6, 6.07) is 0. The van der Waals surface area contributed by atoms with Crippen LogP contribution in [0.2, 0.25) is 0 Å². The summed E-state index contributed by atoms with van der Waals surface area (Å²) in [7, 11) is 0. The molecule has 0 bridgehead atoms. The van der Waals surface area contributed by atoms with Gasteiger partial charge in [-0.1, -0.05) is 31.0 Å². The zero-order valence-electron chi connectivity index (χ0n) is 19.4. The molecule has 1 aliphatic heterocycles. The van der Waals surface area contributed by atoms with Crippen LogP contribution in [0.4, 0.5) is 4.39 Å². The Balaban J connectivity index is 1.59. The normalized spacial score (nSPS) is 51.6. The fourth-order valence-corrected chi connectivity index (χ4v) is 8.73. The molecule has 0 amide bonds. The molecule has 5 rings (SSSR count). The molecule has 5 aliphatic rings. The average Bonchev–Trinajstić information content (AvgIpc) is 3.24. The van der Waals surface area contributed by atoms with Crippen molar-refractivity contribution in [1.82, 2.24) is 0 Å². The summed E-state index contributed by atoms with van der Waals surface area (Å²) in [5.41, 5.74) is -3.11. The third-order valence-electron chi connectivity index (χ3n) is 10.2. The number of hydrazone groups is 1. The topological polar surface area (TPSA) is 72.9 Å². The maximum atomic E-state index is 17.5. The first kappa shape index (κ1) is 22.7. The van der Waals surface area contributed by atoms with Crippen molar-refractivity contribution in [3.8, 4) is 0 Å². The number of fused-ring (bicyclic) bond motifs is 6. The number of allylic oxidation sites excluding steroid dienone is 2. The lowest BCUT2D eigenvalue weighted by Crippen LogP contribution is -2.70. The van der Waals surface area contributed by atoms with E-state index in [2.05, 4.69) is 17.4 Å². The number of hydrogen-bond acceptors (Lipinski definition) is 4. The van der Waals surface area contributed by atoms with Crippen molar-refractivity contribution in [2.45, 2.75) is 77.2 Å². The molecule has 5 nitrogen and oxygen atoms in total. The summed E-state index contributed by atoms with van der Waals surface area (Å²) in [4.78, 5) is 12.8.